The van der Waals surface area contributed by atoms with Crippen molar-refractivity contribution < 1.29 is 98.5 Å². The molecule has 0 aromatic carbocycles. The molecule has 6 aliphatic rings. The molecule has 2 unspecified atom stereocenters. The minimum Gasteiger partial charge on any atom is -0.397 e. The van der Waals surface area contributed by atoms with Gasteiger partial charge in [0, 0.05) is 88.9 Å². The van der Waals surface area contributed by atoms with E-state index in [1.807, 2.05) is 12.3 Å². The third kappa shape index (κ3) is 17.9. The fourth-order valence-corrected chi connectivity index (χ4v) is 22.7. The molecule has 6 fully saturated rings. The number of ether oxygens (including phenoxy) is 6. The van der Waals surface area contributed by atoms with Gasteiger partial charge in [-0.05, 0) is 110 Å². The van der Waals surface area contributed by atoms with E-state index >= 15 is 0 Å². The first-order valence-corrected chi connectivity index (χ1v) is 46.0. The van der Waals surface area contributed by atoms with Gasteiger partial charge in [0.2, 0.25) is 0 Å². The van der Waals surface area contributed by atoms with Gasteiger partial charge in [0.25, 0.3) is 0 Å². The van der Waals surface area contributed by atoms with Crippen LogP contribution in [0.4, 0.5) is 43.0 Å². The van der Waals surface area contributed by atoms with Crippen LogP contribution in [0.2, 0.25) is 0 Å². The van der Waals surface area contributed by atoms with Gasteiger partial charge in [-0.15, -0.1) is 91.2 Å². The predicted molar refractivity (Wildman–Crippen MR) is 494 cm³/mol. The van der Waals surface area contributed by atoms with Gasteiger partial charge in [0.15, 0.2) is 42.2 Å². The van der Waals surface area contributed by atoms with Gasteiger partial charge in [-0.3, -0.25) is 34.5 Å². The van der Waals surface area contributed by atoms with Crippen molar-refractivity contribution in [3.05, 3.63) is 196 Å². The quantitative estimate of drug-likeness (QED) is 0.0118. The molecular formula is C77H83Cl2F2N29O18S6. The van der Waals surface area contributed by atoms with Crippen LogP contribution >= 0.6 is 91.2 Å². The smallest absolute Gasteiger partial charge is 0.386 e. The molecule has 24 atom stereocenters. The van der Waals surface area contributed by atoms with Crippen LogP contribution in [0.5, 0.6) is 0 Å². The van der Waals surface area contributed by atoms with Crippen LogP contribution in [-0.4, -0.2) is 242 Å². The molecule has 0 amide bonds. The second-order valence-corrected chi connectivity index (χ2v) is 37.1. The Kier molecular flexibility index (Phi) is 31.1. The lowest BCUT2D eigenvalue weighted by Gasteiger charge is -2.28. The Hall–Kier alpha value is -10.8. The summed E-state index contributed by atoms with van der Waals surface area (Å²) in [5, 5.41) is 144. The Balaban J connectivity index is 0.000000136. The molecule has 134 heavy (non-hydrogen) atoms. The van der Waals surface area contributed by atoms with Crippen molar-refractivity contribution in [3.63, 3.8) is 0 Å². The van der Waals surface area contributed by atoms with Gasteiger partial charge in [-0.25, -0.2) is 25.3 Å². The zero-order valence-electron chi connectivity index (χ0n) is 69.8. The minimum absolute atomic E-state index is 0.265. The number of aliphatic hydroxyl groups is 12. The molecule has 57 heteroatoms. The number of rotatable bonds is 19. The van der Waals surface area contributed by atoms with Gasteiger partial charge < -0.3 is 119 Å². The highest BCUT2D eigenvalue weighted by Crippen LogP contribution is 2.54. The molecular weight excluding hydrogens is 1920 g/mol. The van der Waals surface area contributed by atoms with E-state index in [0.717, 1.165) is 34.6 Å². The van der Waals surface area contributed by atoms with E-state index < -0.39 is 176 Å². The molecule has 18 heterocycles. The van der Waals surface area contributed by atoms with Gasteiger partial charge in [0.05, 0.1) is 146 Å². The SMILES string of the molecule is CC[C@]1(CO)O[C@@H](c2csc3c(N)ccnc23)[C@H](Cl)[C@@H]1O.CC[C@]1(CO)O[C@@H](c2csc3c(N)ccnc23)[C@H](F)[C@@H]1O.Cc1nc(N)c2scc([C@@H]3O[C@@](CO)(N=[N+]=[N-])[C@@H](O)[C@H]3F)c2n1.[C-]#[N+][C@]1(CO)O[C@@H](c2csc3c(N)ccnc23)C(N=[N+]=[N-])[C@@H]1O.[N-]=[N+]=NC1[C@H](c2csc3c(N)ccnc23)O[C@@](CO)(N=[N+]=[N-])[C@H]1O.[N-]=[N+]=N[C@]1(CO)O[C@@H](c2csc3c(N)ccnc23)[C@H](Cl)[C@@H]1O. The molecule has 0 spiro atoms. The zero-order valence-corrected chi connectivity index (χ0v) is 76.2. The molecule has 0 aliphatic carbocycles. The Morgan fingerprint density at radius 2 is 0.709 bits per heavy atom. The fraction of sp³-hybridized carbons (Fsp3) is 0.455. The number of hydrogen-bond acceptors (Lipinski definition) is 42. The Bertz CT molecular complexity index is 6500. The summed E-state index contributed by atoms with van der Waals surface area (Å²) in [6, 6.07) is 6.27. The number of aromatic nitrogens is 7. The Morgan fingerprint density at radius 1 is 0.396 bits per heavy atom. The molecule has 6 saturated heterocycles. The van der Waals surface area contributed by atoms with E-state index in [0.29, 0.717) is 107 Å². The number of halogens is 4. The van der Waals surface area contributed by atoms with Crippen LogP contribution in [0.15, 0.2) is 119 Å². The van der Waals surface area contributed by atoms with E-state index in [4.69, 9.17) is 120 Å². The molecule has 0 saturated carbocycles. The number of nitrogens with zero attached hydrogens (tertiary/aromatic N) is 23. The highest BCUT2D eigenvalue weighted by atomic mass is 35.5. The average molecular weight is 2000 g/mol. The van der Waals surface area contributed by atoms with Crippen LogP contribution in [0.1, 0.15) is 103 Å². The largest absolute Gasteiger partial charge is 0.397 e. The molecule has 47 nitrogen and oxygen atoms in total. The summed E-state index contributed by atoms with van der Waals surface area (Å²) >= 11 is 20.7. The van der Waals surface area contributed by atoms with E-state index in [-0.39, 0.29) is 12.4 Å². The van der Waals surface area contributed by atoms with Gasteiger partial charge in [0.1, 0.15) is 89.9 Å². The molecule has 0 bridgehead atoms. The topological polar surface area (TPSA) is 793 Å². The molecule has 18 rings (SSSR count). The summed E-state index contributed by atoms with van der Waals surface area (Å²) in [6.07, 6.45) is -8.66. The number of alkyl halides is 4. The average Bonchev–Trinajstić information content (AvgIpc) is 1.63. The van der Waals surface area contributed by atoms with E-state index in [2.05, 4.69) is 89.9 Å². The standard InChI is InChI=1S/C14H17ClN2O3S.C14H17FN2O3S.C13H12N6O3S.C12H12ClN5O3S.C12H13FN6O3S.C12H12N8O3S/c2*1-2-14(6-18)13(19)9(15)11(20-14)7-5-21-12-8(16)3-4-17-10(7)12;1-16-13(5-20)12(21)9(18-19-15)10(22-13)6-4-23-11-7(14)2-3-17-8(6)11;13-7-9(21-12(4-19,11(7)20)17-18-15)5-3-22-10-6(14)1-2-16-8(5)10;1-4-16-7-5(2-23-9(7)11(14)17-4)8-6(13)10(21)12(3-20,22-8)18-19-15;13-6-1-2-16-7-5(3-24-10(6)7)9-8(17-19-14)11(22)12(4-21,23-9)18-20-15/h2*3-5,9,11,13,18-19H,2,6H2,1H3,(H2,16,17);2-4,9-10,12,20-21H,5H2,(H2,14,17);1-3,7,9,11,19-20H,4H2,(H2,14,16);2,6,8,10,20-21H,3H2,1H3,(H2,14,16,17);1-3,8-9,11,21-22H,4H2,(H2,13,16)/t2*9-,11-,13-,14+;9?,10-,12-,13+;7-,9-,11-,12+;6-,8-,10-,12+;8?,9-,11-,12+/m000000/s1. The second-order valence-electron chi connectivity index (χ2n) is 30.8. The maximum atomic E-state index is 14.5. The maximum Gasteiger partial charge on any atom is 0.386 e. The van der Waals surface area contributed by atoms with Crippen molar-refractivity contribution in [1.29, 1.82) is 0 Å². The normalized spacial score (nSPS) is 31.1. The highest BCUT2D eigenvalue weighted by Gasteiger charge is 2.63. The van der Waals surface area contributed by atoms with Crippen LogP contribution < -0.4 is 34.4 Å². The highest BCUT2D eigenvalue weighted by molar-refractivity contribution is 7.19. The Morgan fingerprint density at radius 3 is 1.07 bits per heavy atom. The number of hydrogen-bond donors (Lipinski definition) is 18. The van der Waals surface area contributed by atoms with Crippen LogP contribution in [0.25, 0.3) is 118 Å². The Labute approximate surface area is 787 Å². The summed E-state index contributed by atoms with van der Waals surface area (Å²) in [6.45, 7) is 8.73. The lowest BCUT2D eigenvalue weighted by atomic mass is 9.92. The van der Waals surface area contributed by atoms with Crippen molar-refractivity contribution in [2.75, 3.05) is 74.0 Å². The third-order valence-electron chi connectivity index (χ3n) is 23.4. The van der Waals surface area contributed by atoms with Crippen LogP contribution in [0, 0.1) is 13.5 Å². The van der Waals surface area contributed by atoms with E-state index in [9.17, 15) is 70.1 Å². The van der Waals surface area contributed by atoms with Crippen LogP contribution in [0.3, 0.4) is 0 Å². The monoisotopic (exact) mass is 2000 g/mol. The predicted octanol–water partition coefficient (Wildman–Crippen LogP) is 10.7. The summed E-state index contributed by atoms with van der Waals surface area (Å²) < 4.78 is 67.5. The number of anilines is 6. The maximum absolute atomic E-state index is 14.5. The fourth-order valence-electron chi connectivity index (χ4n) is 16.0. The third-order valence-corrected chi connectivity index (χ3v) is 30.6. The van der Waals surface area contributed by atoms with E-state index in [1.165, 1.54) is 80.4 Å². The molecule has 708 valence electrons. The number of aliphatic hydroxyl groups excluding tert-OH is 12. The molecule has 6 aliphatic heterocycles. The van der Waals surface area contributed by atoms with Crippen molar-refractivity contribution >= 4 is 187 Å². The van der Waals surface area contributed by atoms with Crippen molar-refractivity contribution in [2.45, 2.75) is 176 Å². The first-order valence-electron chi connectivity index (χ1n) is 39.8. The van der Waals surface area contributed by atoms with Crippen LogP contribution in [-0.2, 0) is 28.4 Å². The molecule has 24 N–H and O–H groups in total. The summed E-state index contributed by atoms with van der Waals surface area (Å²) in [7, 11) is 0. The van der Waals surface area contributed by atoms with E-state index in [1.54, 1.807) is 89.7 Å². The number of nitrogen functional groups attached to an aromatic ring is 6. The van der Waals surface area contributed by atoms with Crippen molar-refractivity contribution in [3.8, 4) is 0 Å². The summed E-state index contributed by atoms with van der Waals surface area (Å²) in [5.41, 5.74) is 78.7. The number of fused-ring (bicyclic) bond motifs is 6. The van der Waals surface area contributed by atoms with Gasteiger partial charge in [-0.2, -0.15) is 0 Å². The van der Waals surface area contributed by atoms with Gasteiger partial charge in [-0.1, -0.05) is 39.4 Å². The number of nitrogens with two attached hydrogens (primary N) is 6. The molecule has 0 radical (unpaired) electrons. The zero-order chi connectivity index (χ0) is 97.0. The molecule has 12 aromatic heterocycles. The van der Waals surface area contributed by atoms with Crippen molar-refractivity contribution in [2.24, 2.45) is 25.6 Å². The number of azide groups is 5. The first kappa shape index (κ1) is 101. The number of pyridine rings is 5. The number of aryl methyl sites for hydroxylation is 1. The van der Waals surface area contributed by atoms with Crippen molar-refractivity contribution in [1.82, 2.24) is 34.9 Å². The summed E-state index contributed by atoms with van der Waals surface area (Å²) in [5.74, 6) is 0.674. The first-order chi connectivity index (χ1) is 64.2. The summed E-state index contributed by atoms with van der Waals surface area (Å²) in [4.78, 5) is 46.1. The lowest BCUT2D eigenvalue weighted by Crippen LogP contribution is -2.44. The lowest BCUT2D eigenvalue weighted by molar-refractivity contribution is -0.114. The molecule has 12 aromatic rings. The number of thiophene rings is 6. The second kappa shape index (κ2) is 41.4. The minimum atomic E-state index is -2.07. The van der Waals surface area contributed by atoms with Gasteiger partial charge >= 0.3 is 5.72 Å².